The van der Waals surface area contributed by atoms with E-state index in [0.29, 0.717) is 37.4 Å². The maximum Gasteiger partial charge on any atom is 0.347 e. The summed E-state index contributed by atoms with van der Waals surface area (Å²) in [5, 5.41) is 6.16. The number of rotatable bonds is 2. The normalized spacial score (nSPS) is 14.8. The fourth-order valence-corrected chi connectivity index (χ4v) is 3.11. The van der Waals surface area contributed by atoms with Crippen LogP contribution in [0.15, 0.2) is 41.3 Å². The van der Waals surface area contributed by atoms with E-state index in [-0.39, 0.29) is 17.3 Å². The highest BCUT2D eigenvalue weighted by atomic mass is 19.2. The van der Waals surface area contributed by atoms with Crippen molar-refractivity contribution >= 4 is 17.2 Å². The van der Waals surface area contributed by atoms with E-state index >= 15 is 0 Å². The summed E-state index contributed by atoms with van der Waals surface area (Å²) < 4.78 is 28.6. The lowest BCUT2D eigenvalue weighted by Gasteiger charge is -2.36. The second-order valence-electron chi connectivity index (χ2n) is 6.02. The van der Waals surface area contributed by atoms with Crippen molar-refractivity contribution in [3.05, 3.63) is 64.2 Å². The number of carbonyl (C=O) groups is 1. The molecule has 1 amide bonds. The van der Waals surface area contributed by atoms with Crippen molar-refractivity contribution in [1.29, 1.82) is 0 Å². The third kappa shape index (κ3) is 2.71. The fraction of sp³-hybridized carbons (Fsp3) is 0.235. The van der Waals surface area contributed by atoms with Gasteiger partial charge in [-0.25, -0.2) is 18.7 Å². The Hall–Kier alpha value is -3.23. The van der Waals surface area contributed by atoms with Crippen LogP contribution in [0.25, 0.3) is 5.65 Å². The number of nitrogens with zero attached hydrogens (tertiary/aromatic N) is 4. The number of halogens is 2. The predicted octanol–water partition coefficient (Wildman–Crippen LogP) is 1.26. The van der Waals surface area contributed by atoms with Crippen molar-refractivity contribution in [2.45, 2.75) is 0 Å². The van der Waals surface area contributed by atoms with E-state index < -0.39 is 11.6 Å². The average molecular weight is 359 g/mol. The second-order valence-corrected chi connectivity index (χ2v) is 6.02. The van der Waals surface area contributed by atoms with Gasteiger partial charge in [-0.3, -0.25) is 9.20 Å². The van der Waals surface area contributed by atoms with E-state index in [1.54, 1.807) is 21.9 Å². The first-order valence-electron chi connectivity index (χ1n) is 8.09. The van der Waals surface area contributed by atoms with Crippen molar-refractivity contribution < 1.29 is 13.6 Å². The van der Waals surface area contributed by atoms with Gasteiger partial charge in [0.15, 0.2) is 17.3 Å². The number of H-pyrrole nitrogens is 1. The Morgan fingerprint density at radius 1 is 1.12 bits per heavy atom. The number of aromatic nitrogens is 3. The molecule has 0 unspecified atom stereocenters. The van der Waals surface area contributed by atoms with Gasteiger partial charge in [0, 0.05) is 37.9 Å². The quantitative estimate of drug-likeness (QED) is 0.748. The number of aromatic amines is 1. The Kier molecular flexibility index (Phi) is 3.90. The number of benzene rings is 1. The number of piperazine rings is 1. The van der Waals surface area contributed by atoms with Gasteiger partial charge in [0.1, 0.15) is 0 Å². The molecule has 0 saturated carbocycles. The summed E-state index contributed by atoms with van der Waals surface area (Å²) in [6.07, 6.45) is 1.49. The zero-order valence-corrected chi connectivity index (χ0v) is 13.7. The summed E-state index contributed by atoms with van der Waals surface area (Å²) in [6.45, 7) is 1.56. The first kappa shape index (κ1) is 16.2. The molecule has 2 aromatic heterocycles. The molecular formula is C17H15F2N5O2. The van der Waals surface area contributed by atoms with Gasteiger partial charge in [-0.15, -0.1) is 0 Å². The van der Waals surface area contributed by atoms with Gasteiger partial charge in [0.05, 0.1) is 5.69 Å². The van der Waals surface area contributed by atoms with Crippen LogP contribution in [0.2, 0.25) is 0 Å². The van der Waals surface area contributed by atoms with Crippen molar-refractivity contribution in [2.24, 2.45) is 0 Å². The molecule has 0 aliphatic carbocycles. The Bertz CT molecular complexity index is 1040. The van der Waals surface area contributed by atoms with Crippen molar-refractivity contribution in [1.82, 2.24) is 19.5 Å². The molecule has 1 aliphatic heterocycles. The molecule has 134 valence electrons. The minimum Gasteiger partial charge on any atom is -0.366 e. The maximum absolute atomic E-state index is 13.9. The van der Waals surface area contributed by atoms with Crippen LogP contribution in [0.3, 0.4) is 0 Å². The predicted molar refractivity (Wildman–Crippen MR) is 90.3 cm³/mol. The highest BCUT2D eigenvalue weighted by molar-refractivity contribution is 5.95. The van der Waals surface area contributed by atoms with E-state index in [2.05, 4.69) is 10.2 Å². The number of hydrogen-bond acceptors (Lipinski definition) is 4. The van der Waals surface area contributed by atoms with Crippen molar-refractivity contribution in [2.75, 3.05) is 31.1 Å². The largest absolute Gasteiger partial charge is 0.366 e. The van der Waals surface area contributed by atoms with Gasteiger partial charge >= 0.3 is 5.69 Å². The number of amides is 1. The third-order valence-electron chi connectivity index (χ3n) is 4.51. The summed E-state index contributed by atoms with van der Waals surface area (Å²) in [6, 6.07) is 7.17. The molecule has 0 bridgehead atoms. The Morgan fingerprint density at radius 2 is 1.88 bits per heavy atom. The molecule has 1 saturated heterocycles. The van der Waals surface area contributed by atoms with Gasteiger partial charge < -0.3 is 9.80 Å². The van der Waals surface area contributed by atoms with E-state index in [4.69, 9.17) is 0 Å². The lowest BCUT2D eigenvalue weighted by Crippen LogP contribution is -2.49. The van der Waals surface area contributed by atoms with Gasteiger partial charge in [-0.1, -0.05) is 6.07 Å². The number of nitrogens with one attached hydrogen (secondary N) is 1. The molecule has 26 heavy (non-hydrogen) atoms. The Morgan fingerprint density at radius 3 is 2.65 bits per heavy atom. The monoisotopic (exact) mass is 359 g/mol. The van der Waals surface area contributed by atoms with Crippen LogP contribution in [-0.2, 0) is 0 Å². The number of fused-ring (bicyclic) bond motifs is 1. The summed E-state index contributed by atoms with van der Waals surface area (Å²) in [4.78, 5) is 27.5. The summed E-state index contributed by atoms with van der Waals surface area (Å²) in [5.74, 6) is -1.95. The average Bonchev–Trinajstić information content (AvgIpc) is 3.04. The molecular weight excluding hydrogens is 344 g/mol. The van der Waals surface area contributed by atoms with Gasteiger partial charge in [-0.2, -0.15) is 5.10 Å². The van der Waals surface area contributed by atoms with Crippen LogP contribution in [0.1, 0.15) is 10.4 Å². The summed E-state index contributed by atoms with van der Waals surface area (Å²) >= 11 is 0. The van der Waals surface area contributed by atoms with E-state index in [9.17, 15) is 18.4 Å². The minimum atomic E-state index is -0.886. The second kappa shape index (κ2) is 6.25. The molecule has 3 aromatic rings. The molecule has 1 aromatic carbocycles. The number of anilines is 1. The molecule has 1 N–H and O–H groups in total. The van der Waals surface area contributed by atoms with Crippen LogP contribution >= 0.6 is 0 Å². The van der Waals surface area contributed by atoms with E-state index in [1.807, 2.05) is 0 Å². The van der Waals surface area contributed by atoms with E-state index in [0.717, 1.165) is 6.07 Å². The van der Waals surface area contributed by atoms with Crippen LogP contribution in [0, 0.1) is 11.6 Å². The molecule has 3 heterocycles. The lowest BCUT2D eigenvalue weighted by molar-refractivity contribution is 0.0746. The zero-order valence-electron chi connectivity index (χ0n) is 13.7. The molecule has 1 fully saturated rings. The minimum absolute atomic E-state index is 0.192. The number of pyridine rings is 1. The smallest absolute Gasteiger partial charge is 0.347 e. The molecule has 0 atom stereocenters. The first-order valence-corrected chi connectivity index (χ1v) is 8.09. The van der Waals surface area contributed by atoms with Crippen LogP contribution in [-0.4, -0.2) is 51.6 Å². The standard InChI is InChI=1S/C17H15F2N5O2/c18-12-2-1-3-13(15(12)19)22-6-8-23(9-7-22)16(25)11-4-5-24-14(10-11)20-21-17(24)26/h1-5,10H,6-9H2,(H,21,26). The molecule has 4 rings (SSSR count). The molecule has 0 radical (unpaired) electrons. The summed E-state index contributed by atoms with van der Waals surface area (Å²) in [5.41, 5.74) is 0.613. The van der Waals surface area contributed by atoms with Crippen LogP contribution < -0.4 is 10.6 Å². The van der Waals surface area contributed by atoms with Gasteiger partial charge in [0.25, 0.3) is 5.91 Å². The molecule has 1 aliphatic rings. The van der Waals surface area contributed by atoms with E-state index in [1.165, 1.54) is 22.7 Å². The Balaban J connectivity index is 1.49. The topological polar surface area (TPSA) is 73.7 Å². The molecule has 9 heteroatoms. The first-order chi connectivity index (χ1) is 12.5. The van der Waals surface area contributed by atoms with Crippen LogP contribution in [0.5, 0.6) is 0 Å². The van der Waals surface area contributed by atoms with Crippen molar-refractivity contribution in [3.8, 4) is 0 Å². The molecule has 0 spiro atoms. The van der Waals surface area contributed by atoms with Gasteiger partial charge in [-0.05, 0) is 24.3 Å². The highest BCUT2D eigenvalue weighted by Crippen LogP contribution is 2.23. The maximum atomic E-state index is 13.9. The zero-order chi connectivity index (χ0) is 18.3. The van der Waals surface area contributed by atoms with Crippen LogP contribution in [0.4, 0.5) is 14.5 Å². The summed E-state index contributed by atoms with van der Waals surface area (Å²) in [7, 11) is 0. The SMILES string of the molecule is O=C(c1ccn2c(=O)[nH]nc2c1)N1CCN(c2cccc(F)c2F)CC1. The third-order valence-corrected chi connectivity index (χ3v) is 4.51. The molecule has 7 nitrogen and oxygen atoms in total. The van der Waals surface area contributed by atoms with Crippen molar-refractivity contribution in [3.63, 3.8) is 0 Å². The van der Waals surface area contributed by atoms with Gasteiger partial charge in [0.2, 0.25) is 0 Å². The fourth-order valence-electron chi connectivity index (χ4n) is 3.11. The number of carbonyl (C=O) groups excluding carboxylic acids is 1. The highest BCUT2D eigenvalue weighted by Gasteiger charge is 2.24. The lowest BCUT2D eigenvalue weighted by atomic mass is 10.2. The number of hydrogen-bond donors (Lipinski definition) is 1. The Labute approximate surface area is 146 Å².